The second kappa shape index (κ2) is 16.3. The molecule has 1 amide bonds. The van der Waals surface area contributed by atoms with E-state index in [2.05, 4.69) is 11.8 Å². The summed E-state index contributed by atoms with van der Waals surface area (Å²) in [5.74, 6) is 0.279. The number of hydrogen-bond acceptors (Lipinski definition) is 2. The van der Waals surface area contributed by atoms with Gasteiger partial charge < -0.3 is 9.80 Å². The molecule has 3 nitrogen and oxygen atoms in total. The van der Waals surface area contributed by atoms with E-state index in [0.29, 0.717) is 6.42 Å². The third-order valence-corrected chi connectivity index (χ3v) is 4.55. The second-order valence-electron chi connectivity index (χ2n) is 7.26. The first kappa shape index (κ1) is 22.4. The molecule has 0 N–H and O–H groups in total. The fourth-order valence-electron chi connectivity index (χ4n) is 2.82. The highest BCUT2D eigenvalue weighted by Crippen LogP contribution is 2.12. The lowest BCUT2D eigenvalue weighted by Gasteiger charge is -2.18. The van der Waals surface area contributed by atoms with Crippen LogP contribution in [-0.2, 0) is 4.79 Å². The molecule has 0 unspecified atom stereocenters. The molecule has 0 aromatic rings. The maximum Gasteiger partial charge on any atom is 0.223 e. The summed E-state index contributed by atoms with van der Waals surface area (Å²) in [6.07, 6.45) is 17.0. The normalized spacial score (nSPS) is 11.2. The first-order valence-corrected chi connectivity index (χ1v) is 9.96. The number of nitrogens with zero attached hydrogens (tertiary/aromatic N) is 2. The SMILES string of the molecule is CCCCCCCCCCCCCCN(C)C(=O)CCN(C)C. The van der Waals surface area contributed by atoms with Gasteiger partial charge in [-0.05, 0) is 20.5 Å². The molecule has 0 atom stereocenters. The monoisotopic (exact) mass is 326 g/mol. The van der Waals surface area contributed by atoms with Gasteiger partial charge in [0, 0.05) is 26.6 Å². The van der Waals surface area contributed by atoms with Crippen LogP contribution in [0, 0.1) is 0 Å². The summed E-state index contributed by atoms with van der Waals surface area (Å²) in [5, 5.41) is 0. The van der Waals surface area contributed by atoms with Crippen LogP contribution in [-0.4, -0.2) is 49.9 Å². The van der Waals surface area contributed by atoms with Crippen LogP contribution in [0.5, 0.6) is 0 Å². The zero-order valence-electron chi connectivity index (χ0n) is 16.4. The molecule has 0 radical (unpaired) electrons. The van der Waals surface area contributed by atoms with Crippen molar-refractivity contribution in [1.29, 1.82) is 0 Å². The zero-order valence-corrected chi connectivity index (χ0v) is 16.4. The summed E-state index contributed by atoms with van der Waals surface area (Å²) >= 11 is 0. The Kier molecular flexibility index (Phi) is 15.9. The van der Waals surface area contributed by atoms with E-state index >= 15 is 0 Å². The zero-order chi connectivity index (χ0) is 17.3. The highest BCUT2D eigenvalue weighted by atomic mass is 16.2. The number of unbranched alkanes of at least 4 members (excludes halogenated alkanes) is 11. The van der Waals surface area contributed by atoms with Gasteiger partial charge in [0.1, 0.15) is 0 Å². The first-order valence-electron chi connectivity index (χ1n) is 9.96. The van der Waals surface area contributed by atoms with Crippen LogP contribution in [0.2, 0.25) is 0 Å². The van der Waals surface area contributed by atoms with Crippen molar-refractivity contribution in [2.24, 2.45) is 0 Å². The molecule has 0 saturated carbocycles. The Morgan fingerprint density at radius 1 is 0.652 bits per heavy atom. The first-order chi connectivity index (χ1) is 11.1. The van der Waals surface area contributed by atoms with Crippen molar-refractivity contribution >= 4 is 5.91 Å². The molecule has 0 aliphatic heterocycles. The van der Waals surface area contributed by atoms with Crippen molar-refractivity contribution in [2.45, 2.75) is 90.4 Å². The molecule has 0 saturated heterocycles. The lowest BCUT2D eigenvalue weighted by atomic mass is 10.1. The largest absolute Gasteiger partial charge is 0.346 e. The van der Waals surface area contributed by atoms with Crippen molar-refractivity contribution in [2.75, 3.05) is 34.2 Å². The van der Waals surface area contributed by atoms with E-state index in [0.717, 1.165) is 19.5 Å². The minimum Gasteiger partial charge on any atom is -0.346 e. The molecule has 0 bridgehead atoms. The van der Waals surface area contributed by atoms with E-state index in [1.807, 2.05) is 26.0 Å². The molecular weight excluding hydrogens is 284 g/mol. The van der Waals surface area contributed by atoms with Gasteiger partial charge in [-0.1, -0.05) is 77.6 Å². The summed E-state index contributed by atoms with van der Waals surface area (Å²) in [6, 6.07) is 0. The summed E-state index contributed by atoms with van der Waals surface area (Å²) < 4.78 is 0. The van der Waals surface area contributed by atoms with Gasteiger partial charge in [0.2, 0.25) is 5.91 Å². The third kappa shape index (κ3) is 16.1. The van der Waals surface area contributed by atoms with E-state index < -0.39 is 0 Å². The topological polar surface area (TPSA) is 23.6 Å². The van der Waals surface area contributed by atoms with Crippen molar-refractivity contribution in [3.05, 3.63) is 0 Å². The van der Waals surface area contributed by atoms with Crippen LogP contribution in [0.25, 0.3) is 0 Å². The Labute approximate surface area is 145 Å². The second-order valence-corrected chi connectivity index (χ2v) is 7.26. The Morgan fingerprint density at radius 2 is 1.09 bits per heavy atom. The van der Waals surface area contributed by atoms with Crippen LogP contribution in [0.4, 0.5) is 0 Å². The molecule has 0 aliphatic carbocycles. The highest BCUT2D eigenvalue weighted by molar-refractivity contribution is 5.75. The van der Waals surface area contributed by atoms with Crippen LogP contribution >= 0.6 is 0 Å². The minimum atomic E-state index is 0.279. The number of carbonyl (C=O) groups is 1. The maximum atomic E-state index is 11.9. The van der Waals surface area contributed by atoms with Crippen molar-refractivity contribution in [3.8, 4) is 0 Å². The lowest BCUT2D eigenvalue weighted by Crippen LogP contribution is -2.30. The summed E-state index contributed by atoms with van der Waals surface area (Å²) in [4.78, 5) is 15.8. The molecule has 23 heavy (non-hydrogen) atoms. The van der Waals surface area contributed by atoms with Gasteiger partial charge in [-0.3, -0.25) is 4.79 Å². The van der Waals surface area contributed by atoms with Crippen LogP contribution in [0.3, 0.4) is 0 Å². The maximum absolute atomic E-state index is 11.9. The fraction of sp³-hybridized carbons (Fsp3) is 0.950. The number of carbonyl (C=O) groups excluding carboxylic acids is 1. The van der Waals surface area contributed by atoms with Gasteiger partial charge in [-0.2, -0.15) is 0 Å². The minimum absolute atomic E-state index is 0.279. The smallest absolute Gasteiger partial charge is 0.223 e. The summed E-state index contributed by atoms with van der Waals surface area (Å²) in [6.45, 7) is 4.04. The van der Waals surface area contributed by atoms with Crippen molar-refractivity contribution in [1.82, 2.24) is 9.80 Å². The lowest BCUT2D eigenvalue weighted by molar-refractivity contribution is -0.130. The predicted octanol–water partition coefficient (Wildman–Crippen LogP) is 5.10. The molecule has 138 valence electrons. The highest BCUT2D eigenvalue weighted by Gasteiger charge is 2.08. The van der Waals surface area contributed by atoms with E-state index in [1.165, 1.54) is 70.6 Å². The van der Waals surface area contributed by atoms with E-state index in [1.54, 1.807) is 0 Å². The van der Waals surface area contributed by atoms with E-state index in [4.69, 9.17) is 0 Å². The summed E-state index contributed by atoms with van der Waals surface area (Å²) in [5.41, 5.74) is 0. The molecule has 0 spiro atoms. The molecule has 0 heterocycles. The summed E-state index contributed by atoms with van der Waals surface area (Å²) in [7, 11) is 5.97. The van der Waals surface area contributed by atoms with Gasteiger partial charge in [-0.15, -0.1) is 0 Å². The number of rotatable bonds is 16. The molecule has 0 fully saturated rings. The van der Waals surface area contributed by atoms with Gasteiger partial charge >= 0.3 is 0 Å². The quantitative estimate of drug-likeness (QED) is 0.368. The molecular formula is C20H42N2O. The fourth-order valence-corrected chi connectivity index (χ4v) is 2.82. The van der Waals surface area contributed by atoms with E-state index in [-0.39, 0.29) is 5.91 Å². The Hall–Kier alpha value is -0.570. The molecule has 3 heteroatoms. The average molecular weight is 327 g/mol. The standard InChI is InChI=1S/C20H42N2O/c1-5-6-7-8-9-10-11-12-13-14-15-16-18-22(4)20(23)17-19-21(2)3/h5-19H2,1-4H3. The average Bonchev–Trinajstić information content (AvgIpc) is 2.53. The molecule has 0 aliphatic rings. The van der Waals surface area contributed by atoms with Gasteiger partial charge in [0.15, 0.2) is 0 Å². The molecule has 0 rings (SSSR count). The molecule has 0 aromatic heterocycles. The Morgan fingerprint density at radius 3 is 1.52 bits per heavy atom. The van der Waals surface area contributed by atoms with Gasteiger partial charge in [-0.25, -0.2) is 0 Å². The van der Waals surface area contributed by atoms with Crippen molar-refractivity contribution in [3.63, 3.8) is 0 Å². The third-order valence-electron chi connectivity index (χ3n) is 4.55. The number of amides is 1. The Balaban J connectivity index is 3.27. The van der Waals surface area contributed by atoms with Gasteiger partial charge in [0.05, 0.1) is 0 Å². The van der Waals surface area contributed by atoms with Crippen LogP contribution in [0.15, 0.2) is 0 Å². The Bertz CT molecular complexity index is 266. The van der Waals surface area contributed by atoms with Gasteiger partial charge in [0.25, 0.3) is 0 Å². The van der Waals surface area contributed by atoms with Crippen molar-refractivity contribution < 1.29 is 4.79 Å². The number of hydrogen-bond donors (Lipinski definition) is 0. The van der Waals surface area contributed by atoms with E-state index in [9.17, 15) is 4.79 Å². The molecule has 0 aromatic carbocycles. The predicted molar refractivity (Wildman–Crippen MR) is 102 cm³/mol. The van der Waals surface area contributed by atoms with Crippen LogP contribution < -0.4 is 0 Å². The van der Waals surface area contributed by atoms with Crippen LogP contribution in [0.1, 0.15) is 90.4 Å².